The van der Waals surface area contributed by atoms with Crippen molar-refractivity contribution >= 4 is 11.9 Å². The first-order valence-electron chi connectivity index (χ1n) is 5.19. The second-order valence-corrected chi connectivity index (χ2v) is 4.12. The largest absolute Gasteiger partial charge is 0.466 e. The molecular weight excluding hydrogens is 208 g/mol. The molecule has 0 radical (unpaired) electrons. The molecular formula is C12H14O4. The third kappa shape index (κ3) is 1.37. The van der Waals surface area contributed by atoms with Crippen molar-refractivity contribution in [2.45, 2.75) is 13.3 Å². The number of allylic oxidation sites excluding steroid dienone is 2. The van der Waals surface area contributed by atoms with E-state index in [1.165, 1.54) is 14.2 Å². The monoisotopic (exact) mass is 222 g/mol. The SMILES string of the molecule is COC(=O)C1=C(C(=O)OC)C2CC1C=C2C. The summed E-state index contributed by atoms with van der Waals surface area (Å²) in [6, 6.07) is 0. The van der Waals surface area contributed by atoms with Gasteiger partial charge in [0.15, 0.2) is 0 Å². The quantitative estimate of drug-likeness (QED) is 0.521. The molecule has 0 saturated heterocycles. The fraction of sp³-hybridized carbons (Fsp3) is 0.500. The molecule has 16 heavy (non-hydrogen) atoms. The molecule has 0 spiro atoms. The van der Waals surface area contributed by atoms with Gasteiger partial charge in [-0.05, 0) is 13.3 Å². The zero-order valence-corrected chi connectivity index (χ0v) is 9.57. The number of carbonyl (C=O) groups excluding carboxylic acids is 2. The second kappa shape index (κ2) is 3.77. The maximum Gasteiger partial charge on any atom is 0.334 e. The van der Waals surface area contributed by atoms with Crippen molar-refractivity contribution in [1.82, 2.24) is 0 Å². The molecule has 4 heteroatoms. The van der Waals surface area contributed by atoms with Crippen LogP contribution in [0.2, 0.25) is 0 Å². The van der Waals surface area contributed by atoms with Gasteiger partial charge in [-0.3, -0.25) is 0 Å². The topological polar surface area (TPSA) is 52.6 Å². The van der Waals surface area contributed by atoms with Gasteiger partial charge in [-0.25, -0.2) is 9.59 Å². The zero-order valence-electron chi connectivity index (χ0n) is 9.57. The number of rotatable bonds is 2. The van der Waals surface area contributed by atoms with Crippen LogP contribution in [-0.2, 0) is 19.1 Å². The molecule has 0 aromatic carbocycles. The predicted molar refractivity (Wildman–Crippen MR) is 56.4 cm³/mol. The fourth-order valence-corrected chi connectivity index (χ4v) is 2.61. The normalized spacial score (nSPS) is 26.8. The van der Waals surface area contributed by atoms with Crippen molar-refractivity contribution in [2.24, 2.45) is 11.8 Å². The highest BCUT2D eigenvalue weighted by molar-refractivity contribution is 6.03. The van der Waals surface area contributed by atoms with E-state index < -0.39 is 11.9 Å². The maximum atomic E-state index is 11.7. The van der Waals surface area contributed by atoms with E-state index in [1.54, 1.807) is 0 Å². The number of hydrogen-bond donors (Lipinski definition) is 0. The van der Waals surface area contributed by atoms with Crippen LogP contribution in [0.15, 0.2) is 22.8 Å². The number of esters is 2. The van der Waals surface area contributed by atoms with E-state index in [2.05, 4.69) is 0 Å². The Labute approximate surface area is 93.9 Å². The number of carbonyl (C=O) groups is 2. The van der Waals surface area contributed by atoms with Gasteiger partial charge in [0.1, 0.15) is 0 Å². The van der Waals surface area contributed by atoms with E-state index in [4.69, 9.17) is 9.47 Å². The second-order valence-electron chi connectivity index (χ2n) is 4.12. The van der Waals surface area contributed by atoms with E-state index in [-0.39, 0.29) is 11.8 Å². The van der Waals surface area contributed by atoms with Crippen molar-refractivity contribution < 1.29 is 19.1 Å². The summed E-state index contributed by atoms with van der Waals surface area (Å²) in [7, 11) is 2.65. The Kier molecular flexibility index (Phi) is 2.58. The average Bonchev–Trinajstić information content (AvgIpc) is 2.82. The molecule has 2 aliphatic rings. The van der Waals surface area contributed by atoms with Crippen molar-refractivity contribution in [2.75, 3.05) is 14.2 Å². The minimum absolute atomic E-state index is 0.0200. The van der Waals surface area contributed by atoms with Gasteiger partial charge in [0, 0.05) is 11.8 Å². The minimum Gasteiger partial charge on any atom is -0.466 e. The molecule has 0 heterocycles. The van der Waals surface area contributed by atoms with E-state index in [0.717, 1.165) is 12.0 Å². The maximum absolute atomic E-state index is 11.7. The highest BCUT2D eigenvalue weighted by Crippen LogP contribution is 2.48. The Morgan fingerprint density at radius 2 is 1.75 bits per heavy atom. The Hall–Kier alpha value is -1.58. The van der Waals surface area contributed by atoms with Crippen molar-refractivity contribution in [3.63, 3.8) is 0 Å². The van der Waals surface area contributed by atoms with Gasteiger partial charge in [0.2, 0.25) is 0 Å². The number of ether oxygens (including phenoxy) is 2. The first-order valence-corrected chi connectivity index (χ1v) is 5.19. The van der Waals surface area contributed by atoms with Crippen molar-refractivity contribution in [3.8, 4) is 0 Å². The first-order chi connectivity index (χ1) is 7.60. The van der Waals surface area contributed by atoms with Crippen LogP contribution in [0, 0.1) is 11.8 Å². The molecule has 0 N–H and O–H groups in total. The molecule has 0 amide bonds. The summed E-state index contributed by atoms with van der Waals surface area (Å²) in [5.41, 5.74) is 2.10. The summed E-state index contributed by atoms with van der Waals surface area (Å²) in [6.07, 6.45) is 2.82. The van der Waals surface area contributed by atoms with Crippen LogP contribution >= 0.6 is 0 Å². The van der Waals surface area contributed by atoms with Crippen LogP contribution in [0.3, 0.4) is 0 Å². The van der Waals surface area contributed by atoms with Crippen LogP contribution in [0.4, 0.5) is 0 Å². The minimum atomic E-state index is -0.420. The number of fused-ring (bicyclic) bond motifs is 2. The summed E-state index contributed by atoms with van der Waals surface area (Å²) in [6.45, 7) is 1.97. The predicted octanol–water partition coefficient (Wildman–Crippen LogP) is 1.22. The van der Waals surface area contributed by atoms with E-state index in [1.807, 2.05) is 13.0 Å². The Morgan fingerprint density at radius 1 is 1.19 bits per heavy atom. The molecule has 2 bridgehead atoms. The first kappa shape index (κ1) is 10.9. The van der Waals surface area contributed by atoms with E-state index in [0.29, 0.717) is 11.1 Å². The van der Waals surface area contributed by atoms with Crippen LogP contribution in [0.5, 0.6) is 0 Å². The standard InChI is InChI=1S/C12H14O4/c1-6-4-7-5-8(6)10(12(14)16-3)9(7)11(13)15-2/h4,7-8H,5H2,1-3H3. The summed E-state index contributed by atoms with van der Waals surface area (Å²) in [5.74, 6) is -0.782. The molecule has 2 unspecified atom stereocenters. The molecule has 2 rings (SSSR count). The molecule has 4 nitrogen and oxygen atoms in total. The van der Waals surface area contributed by atoms with Gasteiger partial charge in [-0.15, -0.1) is 0 Å². The van der Waals surface area contributed by atoms with E-state index >= 15 is 0 Å². The highest BCUT2D eigenvalue weighted by atomic mass is 16.5. The van der Waals surface area contributed by atoms with Crippen LogP contribution in [-0.4, -0.2) is 26.2 Å². The molecule has 0 aromatic rings. The lowest BCUT2D eigenvalue weighted by molar-refractivity contribution is -0.139. The lowest BCUT2D eigenvalue weighted by Gasteiger charge is -2.15. The average molecular weight is 222 g/mol. The Balaban J connectivity index is 2.44. The van der Waals surface area contributed by atoms with Gasteiger partial charge in [-0.1, -0.05) is 11.6 Å². The molecule has 0 saturated carbocycles. The smallest absolute Gasteiger partial charge is 0.334 e. The van der Waals surface area contributed by atoms with E-state index in [9.17, 15) is 9.59 Å². The fourth-order valence-electron chi connectivity index (χ4n) is 2.61. The summed E-state index contributed by atoms with van der Waals surface area (Å²) >= 11 is 0. The summed E-state index contributed by atoms with van der Waals surface area (Å²) < 4.78 is 9.44. The molecule has 2 atom stereocenters. The van der Waals surface area contributed by atoms with Crippen LogP contribution < -0.4 is 0 Å². The van der Waals surface area contributed by atoms with Crippen molar-refractivity contribution in [1.29, 1.82) is 0 Å². The third-order valence-electron chi connectivity index (χ3n) is 3.32. The lowest BCUT2D eigenvalue weighted by Crippen LogP contribution is -2.19. The third-order valence-corrected chi connectivity index (χ3v) is 3.32. The number of methoxy groups -OCH3 is 2. The van der Waals surface area contributed by atoms with Gasteiger partial charge in [0.05, 0.1) is 25.4 Å². The highest BCUT2D eigenvalue weighted by Gasteiger charge is 2.45. The zero-order chi connectivity index (χ0) is 11.9. The van der Waals surface area contributed by atoms with Gasteiger partial charge < -0.3 is 9.47 Å². The molecule has 2 aliphatic carbocycles. The Morgan fingerprint density at radius 3 is 2.31 bits per heavy atom. The molecule has 0 fully saturated rings. The van der Waals surface area contributed by atoms with Crippen molar-refractivity contribution in [3.05, 3.63) is 22.8 Å². The molecule has 0 aromatic heterocycles. The Bertz CT molecular complexity index is 417. The van der Waals surface area contributed by atoms with Gasteiger partial charge in [0.25, 0.3) is 0 Å². The molecule has 0 aliphatic heterocycles. The van der Waals surface area contributed by atoms with Crippen LogP contribution in [0.25, 0.3) is 0 Å². The summed E-state index contributed by atoms with van der Waals surface area (Å²) in [4.78, 5) is 23.3. The van der Waals surface area contributed by atoms with Crippen LogP contribution in [0.1, 0.15) is 13.3 Å². The summed E-state index contributed by atoms with van der Waals surface area (Å²) in [5, 5.41) is 0. The van der Waals surface area contributed by atoms with Gasteiger partial charge in [-0.2, -0.15) is 0 Å². The lowest BCUT2D eigenvalue weighted by atomic mass is 9.92. The number of hydrogen-bond acceptors (Lipinski definition) is 4. The molecule has 86 valence electrons. The van der Waals surface area contributed by atoms with Gasteiger partial charge >= 0.3 is 11.9 Å².